The molecule has 198 valence electrons. The van der Waals surface area contributed by atoms with Crippen molar-refractivity contribution in [1.29, 1.82) is 0 Å². The Labute approximate surface area is 218 Å². The number of carbonyl (C=O) groups excluding carboxylic acids is 1. The molecule has 3 aromatic carbocycles. The number of rotatable bonds is 4. The Kier molecular flexibility index (Phi) is 5.93. The molecule has 4 aromatic rings. The molecule has 0 bridgehead atoms. The van der Waals surface area contributed by atoms with E-state index in [0.29, 0.717) is 29.2 Å². The van der Waals surface area contributed by atoms with Crippen LogP contribution in [-0.2, 0) is 18.0 Å². The minimum atomic E-state index is -4.61. The van der Waals surface area contributed by atoms with E-state index in [1.165, 1.54) is 18.2 Å². The summed E-state index contributed by atoms with van der Waals surface area (Å²) in [4.78, 5) is 21.4. The van der Waals surface area contributed by atoms with E-state index in [2.05, 4.69) is 42.5 Å². The van der Waals surface area contributed by atoms with Gasteiger partial charge in [0.25, 0.3) is 5.91 Å². The first kappa shape index (κ1) is 25.6. The molecule has 9 heteroatoms. The predicted molar refractivity (Wildman–Crippen MR) is 142 cm³/mol. The third-order valence-electron chi connectivity index (χ3n) is 6.52. The van der Waals surface area contributed by atoms with Gasteiger partial charge in [-0.3, -0.25) is 4.79 Å². The van der Waals surface area contributed by atoms with Crippen molar-refractivity contribution in [2.75, 3.05) is 10.6 Å². The fourth-order valence-electron chi connectivity index (χ4n) is 4.85. The summed E-state index contributed by atoms with van der Waals surface area (Å²) in [5.41, 5.74) is 2.15. The number of H-pyrrole nitrogens is 1. The van der Waals surface area contributed by atoms with Crippen molar-refractivity contribution in [2.24, 2.45) is 0 Å². The van der Waals surface area contributed by atoms with E-state index in [1.807, 2.05) is 32.0 Å². The number of fused-ring (bicyclic) bond motifs is 3. The van der Waals surface area contributed by atoms with Crippen LogP contribution in [0.25, 0.3) is 11.0 Å². The van der Waals surface area contributed by atoms with Crippen molar-refractivity contribution in [3.05, 3.63) is 76.9 Å². The van der Waals surface area contributed by atoms with E-state index in [4.69, 9.17) is 9.72 Å². The van der Waals surface area contributed by atoms with Gasteiger partial charge >= 0.3 is 6.18 Å². The minimum Gasteiger partial charge on any atom is -0.486 e. The van der Waals surface area contributed by atoms with Gasteiger partial charge in [0.05, 0.1) is 27.8 Å². The SMILES string of the molecule is CC1(C)Cc2c(c(C(=O)Nc3ccccc3C(F)(F)F)cc3[nH]c(Nc4ccccc4C(C)(C)C)nc23)O1. The molecule has 1 amide bonds. The number of alkyl halides is 3. The molecule has 38 heavy (non-hydrogen) atoms. The second-order valence-electron chi connectivity index (χ2n) is 11.2. The first-order valence-corrected chi connectivity index (χ1v) is 12.3. The first-order chi connectivity index (χ1) is 17.7. The summed E-state index contributed by atoms with van der Waals surface area (Å²) < 4.78 is 46.7. The number of carbonyl (C=O) groups is 1. The molecule has 0 atom stereocenters. The number of ether oxygens (including phenoxy) is 1. The summed E-state index contributed by atoms with van der Waals surface area (Å²) in [5.74, 6) is 0.126. The van der Waals surface area contributed by atoms with E-state index < -0.39 is 23.2 Å². The number of anilines is 3. The zero-order valence-corrected chi connectivity index (χ0v) is 21.8. The molecule has 5 rings (SSSR count). The lowest BCUT2D eigenvalue weighted by molar-refractivity contribution is -0.136. The van der Waals surface area contributed by atoms with E-state index in [-0.39, 0.29) is 16.7 Å². The number of nitrogens with one attached hydrogen (secondary N) is 3. The highest BCUT2D eigenvalue weighted by Crippen LogP contribution is 2.43. The second kappa shape index (κ2) is 8.79. The summed E-state index contributed by atoms with van der Waals surface area (Å²) >= 11 is 0. The summed E-state index contributed by atoms with van der Waals surface area (Å²) in [6, 6.07) is 14.4. The average molecular weight is 523 g/mol. The van der Waals surface area contributed by atoms with Crippen LogP contribution in [0.1, 0.15) is 61.7 Å². The van der Waals surface area contributed by atoms with E-state index in [0.717, 1.165) is 22.9 Å². The Bertz CT molecular complexity index is 1550. The minimum absolute atomic E-state index is 0.104. The maximum absolute atomic E-state index is 13.5. The van der Waals surface area contributed by atoms with Crippen molar-refractivity contribution in [3.63, 3.8) is 0 Å². The molecule has 0 saturated carbocycles. The van der Waals surface area contributed by atoms with Crippen molar-refractivity contribution < 1.29 is 22.7 Å². The van der Waals surface area contributed by atoms with Crippen LogP contribution < -0.4 is 15.4 Å². The lowest BCUT2D eigenvalue weighted by Gasteiger charge is -2.22. The molecule has 2 heterocycles. The van der Waals surface area contributed by atoms with Crippen LogP contribution in [0.2, 0.25) is 0 Å². The molecule has 0 aliphatic carbocycles. The van der Waals surface area contributed by atoms with E-state index >= 15 is 0 Å². The molecule has 1 aliphatic heterocycles. The standard InChI is InChI=1S/C29H29F3N4O2/c1-27(2,3)18-10-6-8-12-20(18)34-26-35-22-14-16(24-17(23(22)36-26)15-28(4,5)38-24)25(37)33-21-13-9-7-11-19(21)29(30,31)32/h6-14H,15H2,1-5H3,(H,33,37)(H2,34,35,36). The Hall–Kier alpha value is -4.01. The molecule has 0 spiro atoms. The van der Waals surface area contributed by atoms with Crippen LogP contribution in [-0.4, -0.2) is 21.5 Å². The van der Waals surface area contributed by atoms with Crippen LogP contribution in [0.4, 0.5) is 30.5 Å². The average Bonchev–Trinajstić information content (AvgIpc) is 3.36. The molecule has 0 saturated heterocycles. The van der Waals surface area contributed by atoms with Gasteiger partial charge < -0.3 is 20.4 Å². The molecule has 0 unspecified atom stereocenters. The van der Waals surface area contributed by atoms with Crippen LogP contribution in [0, 0.1) is 0 Å². The first-order valence-electron chi connectivity index (χ1n) is 12.3. The number of aromatic nitrogens is 2. The highest BCUT2D eigenvalue weighted by molar-refractivity contribution is 6.09. The lowest BCUT2D eigenvalue weighted by atomic mass is 9.86. The van der Waals surface area contributed by atoms with Gasteiger partial charge in [0.1, 0.15) is 11.4 Å². The van der Waals surface area contributed by atoms with Crippen LogP contribution in [0.3, 0.4) is 0 Å². The zero-order valence-electron chi connectivity index (χ0n) is 21.8. The van der Waals surface area contributed by atoms with Crippen LogP contribution >= 0.6 is 0 Å². The van der Waals surface area contributed by atoms with Crippen molar-refractivity contribution in [2.45, 2.75) is 58.2 Å². The Morgan fingerprint density at radius 2 is 1.63 bits per heavy atom. The number of benzene rings is 3. The molecule has 0 radical (unpaired) electrons. The number of hydrogen-bond donors (Lipinski definition) is 3. The Morgan fingerprint density at radius 3 is 2.29 bits per heavy atom. The number of aromatic amines is 1. The van der Waals surface area contributed by atoms with Crippen LogP contribution in [0.5, 0.6) is 5.75 Å². The molecule has 0 fully saturated rings. The van der Waals surface area contributed by atoms with Gasteiger partial charge in [-0.05, 0) is 49.1 Å². The number of para-hydroxylation sites is 2. The normalized spacial score (nSPS) is 14.7. The summed E-state index contributed by atoms with van der Waals surface area (Å²) in [7, 11) is 0. The zero-order chi connectivity index (χ0) is 27.5. The van der Waals surface area contributed by atoms with Gasteiger partial charge in [-0.15, -0.1) is 0 Å². The Balaban J connectivity index is 1.56. The number of halogens is 3. The molecule has 1 aromatic heterocycles. The topological polar surface area (TPSA) is 79.0 Å². The Morgan fingerprint density at radius 1 is 1.00 bits per heavy atom. The summed E-state index contributed by atoms with van der Waals surface area (Å²) in [6.07, 6.45) is -4.12. The van der Waals surface area contributed by atoms with E-state index in [9.17, 15) is 18.0 Å². The highest BCUT2D eigenvalue weighted by atomic mass is 19.4. The number of imidazole rings is 1. The van der Waals surface area contributed by atoms with Gasteiger partial charge in [0.15, 0.2) is 0 Å². The number of amides is 1. The fraction of sp³-hybridized carbons (Fsp3) is 0.310. The molecular formula is C29H29F3N4O2. The third kappa shape index (κ3) is 4.80. The molecule has 6 nitrogen and oxygen atoms in total. The quantitative estimate of drug-likeness (QED) is 0.258. The predicted octanol–water partition coefficient (Wildman–Crippen LogP) is 7.59. The molecular weight excluding hydrogens is 493 g/mol. The van der Waals surface area contributed by atoms with Gasteiger partial charge in [0.2, 0.25) is 5.95 Å². The maximum atomic E-state index is 13.5. The number of hydrogen-bond acceptors (Lipinski definition) is 4. The smallest absolute Gasteiger partial charge is 0.418 e. The van der Waals surface area contributed by atoms with Gasteiger partial charge in [-0.1, -0.05) is 51.1 Å². The van der Waals surface area contributed by atoms with Gasteiger partial charge in [-0.25, -0.2) is 4.98 Å². The van der Waals surface area contributed by atoms with Gasteiger partial charge in [-0.2, -0.15) is 13.2 Å². The van der Waals surface area contributed by atoms with Crippen molar-refractivity contribution in [3.8, 4) is 5.75 Å². The van der Waals surface area contributed by atoms with Crippen molar-refractivity contribution in [1.82, 2.24) is 9.97 Å². The van der Waals surface area contributed by atoms with E-state index in [1.54, 1.807) is 6.07 Å². The summed E-state index contributed by atoms with van der Waals surface area (Å²) in [5, 5.41) is 5.80. The largest absolute Gasteiger partial charge is 0.486 e. The van der Waals surface area contributed by atoms with Crippen molar-refractivity contribution >= 4 is 34.3 Å². The second-order valence-corrected chi connectivity index (χ2v) is 11.2. The van der Waals surface area contributed by atoms with Crippen LogP contribution in [0.15, 0.2) is 54.6 Å². The summed E-state index contributed by atoms with van der Waals surface area (Å²) in [6.45, 7) is 10.2. The third-order valence-corrected chi connectivity index (χ3v) is 6.52. The highest BCUT2D eigenvalue weighted by Gasteiger charge is 2.37. The molecule has 1 aliphatic rings. The maximum Gasteiger partial charge on any atom is 0.418 e. The van der Waals surface area contributed by atoms with Gasteiger partial charge in [0, 0.05) is 17.7 Å². The number of nitrogens with zero attached hydrogens (tertiary/aromatic N) is 1. The molecule has 3 N–H and O–H groups in total. The lowest BCUT2D eigenvalue weighted by Crippen LogP contribution is -2.25. The fourth-order valence-corrected chi connectivity index (χ4v) is 4.85. The monoisotopic (exact) mass is 522 g/mol.